The largest absolute Gasteiger partial charge is 0.324 e. The maximum atomic E-state index is 6.78. The van der Waals surface area contributed by atoms with Gasteiger partial charge in [-0.05, 0) is 43.2 Å². The lowest BCUT2D eigenvalue weighted by molar-refractivity contribution is 0.165. The van der Waals surface area contributed by atoms with Gasteiger partial charge in [-0.1, -0.05) is 25.8 Å². The van der Waals surface area contributed by atoms with Crippen LogP contribution in [0, 0.1) is 5.92 Å². The van der Waals surface area contributed by atoms with Crippen molar-refractivity contribution in [2.75, 3.05) is 0 Å². The first-order chi connectivity index (χ1) is 8.22. The lowest BCUT2D eigenvalue weighted by Crippen LogP contribution is -2.52. The summed E-state index contributed by atoms with van der Waals surface area (Å²) in [6, 6.07) is 4.27. The first-order valence-electron chi connectivity index (χ1n) is 6.94. The first-order valence-corrected chi connectivity index (χ1v) is 6.94. The predicted molar refractivity (Wildman–Crippen MR) is 69.8 cm³/mol. The third kappa shape index (κ3) is 1.70. The van der Waals surface area contributed by atoms with Gasteiger partial charge in [0.25, 0.3) is 0 Å². The average molecular weight is 230 g/mol. The minimum Gasteiger partial charge on any atom is -0.324 e. The third-order valence-corrected chi connectivity index (χ3v) is 5.02. The number of rotatable bonds is 1. The van der Waals surface area contributed by atoms with E-state index in [1.165, 1.54) is 49.8 Å². The summed E-state index contributed by atoms with van der Waals surface area (Å²) < 4.78 is 0. The van der Waals surface area contributed by atoms with Gasteiger partial charge in [0, 0.05) is 23.3 Å². The number of aryl methyl sites for hydroxylation is 1. The number of nitrogens with two attached hydrogens (primary N) is 1. The van der Waals surface area contributed by atoms with Gasteiger partial charge in [0.15, 0.2) is 0 Å². The highest BCUT2D eigenvalue weighted by atomic mass is 14.8. The number of aromatic nitrogens is 1. The molecule has 2 N–H and O–H groups in total. The van der Waals surface area contributed by atoms with Crippen LogP contribution in [-0.4, -0.2) is 10.5 Å². The Labute approximate surface area is 104 Å². The summed E-state index contributed by atoms with van der Waals surface area (Å²) >= 11 is 0. The van der Waals surface area contributed by atoms with Gasteiger partial charge in [-0.25, -0.2) is 0 Å². The van der Waals surface area contributed by atoms with Crippen molar-refractivity contribution in [2.24, 2.45) is 11.7 Å². The molecule has 0 spiro atoms. The normalized spacial score (nSPS) is 36.8. The Morgan fingerprint density at radius 3 is 3.06 bits per heavy atom. The van der Waals surface area contributed by atoms with Crippen LogP contribution in [0.2, 0.25) is 0 Å². The van der Waals surface area contributed by atoms with Crippen LogP contribution in [0.5, 0.6) is 0 Å². The van der Waals surface area contributed by atoms with E-state index in [-0.39, 0.29) is 5.54 Å². The molecule has 1 aromatic heterocycles. The fourth-order valence-corrected chi connectivity index (χ4v) is 3.85. The lowest BCUT2D eigenvalue weighted by atomic mass is 9.66. The minimum absolute atomic E-state index is 0.00213. The molecular formula is C15H22N2. The van der Waals surface area contributed by atoms with Gasteiger partial charge in [0.1, 0.15) is 0 Å². The van der Waals surface area contributed by atoms with E-state index in [1.807, 2.05) is 6.20 Å². The van der Waals surface area contributed by atoms with Crippen molar-refractivity contribution in [3.05, 3.63) is 29.6 Å². The van der Waals surface area contributed by atoms with Gasteiger partial charge in [0.05, 0.1) is 0 Å². The fraction of sp³-hybridized carbons (Fsp3) is 0.667. The summed E-state index contributed by atoms with van der Waals surface area (Å²) in [6.07, 6.45) is 9.39. The third-order valence-electron chi connectivity index (χ3n) is 5.02. The predicted octanol–water partition coefficient (Wildman–Crippen LogP) is 3.02. The average Bonchev–Trinajstić information content (AvgIpc) is 2.77. The van der Waals surface area contributed by atoms with Crippen LogP contribution in [-0.2, 0) is 6.42 Å². The van der Waals surface area contributed by atoms with E-state index < -0.39 is 0 Å². The van der Waals surface area contributed by atoms with E-state index in [0.717, 1.165) is 0 Å². The fourth-order valence-electron chi connectivity index (χ4n) is 3.85. The molecule has 0 bridgehead atoms. The molecule has 2 heteroatoms. The van der Waals surface area contributed by atoms with Crippen molar-refractivity contribution in [3.8, 4) is 0 Å². The minimum atomic E-state index is -0.00213. The SMILES string of the molecule is CC1CCCCC1(N)C1CCc2cccnc21. The molecule has 0 aromatic carbocycles. The monoisotopic (exact) mass is 230 g/mol. The van der Waals surface area contributed by atoms with E-state index in [1.54, 1.807) is 0 Å². The van der Waals surface area contributed by atoms with Gasteiger partial charge in [0.2, 0.25) is 0 Å². The van der Waals surface area contributed by atoms with Gasteiger partial charge < -0.3 is 5.73 Å². The van der Waals surface area contributed by atoms with E-state index in [0.29, 0.717) is 11.8 Å². The number of hydrogen-bond acceptors (Lipinski definition) is 2. The number of nitrogens with zero attached hydrogens (tertiary/aromatic N) is 1. The number of fused-ring (bicyclic) bond motifs is 1. The van der Waals surface area contributed by atoms with Crippen molar-refractivity contribution in [1.29, 1.82) is 0 Å². The van der Waals surface area contributed by atoms with E-state index in [2.05, 4.69) is 24.0 Å². The Morgan fingerprint density at radius 1 is 1.35 bits per heavy atom. The molecule has 17 heavy (non-hydrogen) atoms. The Kier molecular flexibility index (Phi) is 2.70. The zero-order valence-corrected chi connectivity index (χ0v) is 10.7. The molecule has 1 fully saturated rings. The van der Waals surface area contributed by atoms with Gasteiger partial charge >= 0.3 is 0 Å². The molecule has 0 aliphatic heterocycles. The Hall–Kier alpha value is -0.890. The summed E-state index contributed by atoms with van der Waals surface area (Å²) in [4.78, 5) is 4.62. The van der Waals surface area contributed by atoms with Crippen LogP contribution in [0.1, 0.15) is 56.2 Å². The molecule has 3 rings (SSSR count). The van der Waals surface area contributed by atoms with E-state index >= 15 is 0 Å². The van der Waals surface area contributed by atoms with Crippen LogP contribution in [0.4, 0.5) is 0 Å². The molecule has 2 aliphatic carbocycles. The highest BCUT2D eigenvalue weighted by Crippen LogP contribution is 2.46. The standard InChI is InChI=1S/C15H22N2/c1-11-5-2-3-9-15(11,16)13-8-7-12-6-4-10-17-14(12)13/h4,6,10-11,13H,2-3,5,7-9,16H2,1H3. The van der Waals surface area contributed by atoms with E-state index in [9.17, 15) is 0 Å². The van der Waals surface area contributed by atoms with Crippen LogP contribution in [0.3, 0.4) is 0 Å². The Morgan fingerprint density at radius 2 is 2.24 bits per heavy atom. The highest BCUT2D eigenvalue weighted by molar-refractivity contribution is 5.32. The van der Waals surface area contributed by atoms with Crippen LogP contribution in [0.15, 0.2) is 18.3 Å². The molecule has 0 radical (unpaired) electrons. The van der Waals surface area contributed by atoms with Gasteiger partial charge in [-0.2, -0.15) is 0 Å². The Balaban J connectivity index is 1.95. The van der Waals surface area contributed by atoms with Crippen LogP contribution >= 0.6 is 0 Å². The molecular weight excluding hydrogens is 208 g/mol. The maximum Gasteiger partial charge on any atom is 0.0484 e. The van der Waals surface area contributed by atoms with Crippen molar-refractivity contribution in [1.82, 2.24) is 4.98 Å². The topological polar surface area (TPSA) is 38.9 Å². The molecule has 0 amide bonds. The second-order valence-corrected chi connectivity index (χ2v) is 5.90. The molecule has 92 valence electrons. The molecule has 1 aromatic rings. The molecule has 0 saturated heterocycles. The lowest BCUT2D eigenvalue weighted by Gasteiger charge is -2.44. The summed E-state index contributed by atoms with van der Waals surface area (Å²) in [5.74, 6) is 1.13. The Bertz CT molecular complexity index is 415. The maximum absolute atomic E-state index is 6.78. The van der Waals surface area contributed by atoms with Crippen LogP contribution in [0.25, 0.3) is 0 Å². The van der Waals surface area contributed by atoms with Crippen LogP contribution < -0.4 is 5.73 Å². The van der Waals surface area contributed by atoms with Gasteiger partial charge in [-0.3, -0.25) is 4.98 Å². The smallest absolute Gasteiger partial charge is 0.0484 e. The quantitative estimate of drug-likeness (QED) is 0.805. The summed E-state index contributed by atoms with van der Waals surface area (Å²) in [6.45, 7) is 2.33. The van der Waals surface area contributed by atoms with E-state index in [4.69, 9.17) is 5.73 Å². The molecule has 2 aliphatic rings. The number of pyridine rings is 1. The zero-order chi connectivity index (χ0) is 11.9. The van der Waals surface area contributed by atoms with Crippen molar-refractivity contribution < 1.29 is 0 Å². The molecule has 1 heterocycles. The van der Waals surface area contributed by atoms with Crippen molar-refractivity contribution in [3.63, 3.8) is 0 Å². The second-order valence-electron chi connectivity index (χ2n) is 5.90. The molecule has 3 unspecified atom stereocenters. The van der Waals surface area contributed by atoms with Gasteiger partial charge in [-0.15, -0.1) is 0 Å². The summed E-state index contributed by atoms with van der Waals surface area (Å²) in [5, 5.41) is 0. The van der Waals surface area contributed by atoms with Crippen molar-refractivity contribution >= 4 is 0 Å². The summed E-state index contributed by atoms with van der Waals surface area (Å²) in [5.41, 5.74) is 9.51. The summed E-state index contributed by atoms with van der Waals surface area (Å²) in [7, 11) is 0. The number of hydrogen-bond donors (Lipinski definition) is 1. The molecule has 3 atom stereocenters. The zero-order valence-electron chi connectivity index (χ0n) is 10.7. The van der Waals surface area contributed by atoms with Crippen molar-refractivity contribution in [2.45, 2.75) is 56.9 Å². The second kappa shape index (κ2) is 4.09. The molecule has 1 saturated carbocycles. The first kappa shape index (κ1) is 11.2. The highest BCUT2D eigenvalue weighted by Gasteiger charge is 2.45. The molecule has 2 nitrogen and oxygen atoms in total.